The molecule has 19 heavy (non-hydrogen) atoms. The summed E-state index contributed by atoms with van der Waals surface area (Å²) in [5.74, 6) is 0.898. The van der Waals surface area contributed by atoms with Crippen molar-refractivity contribution in [3.8, 4) is 0 Å². The van der Waals surface area contributed by atoms with E-state index in [1.807, 2.05) is 23.5 Å². The van der Waals surface area contributed by atoms with Gasteiger partial charge in [0.25, 0.3) is 0 Å². The van der Waals surface area contributed by atoms with Gasteiger partial charge in [0.15, 0.2) is 0 Å². The minimum atomic E-state index is -4.06. The second kappa shape index (κ2) is 11.1. The van der Waals surface area contributed by atoms with Crippen molar-refractivity contribution >= 4 is 12.6 Å². The normalized spacial score (nSPS) is 10.8. The van der Waals surface area contributed by atoms with Crippen LogP contribution in [0.15, 0.2) is 30.3 Å². The summed E-state index contributed by atoms with van der Waals surface area (Å²) in [5, 5.41) is 1.98. The molecule has 0 atom stereocenters. The lowest BCUT2D eigenvalue weighted by Crippen LogP contribution is -2.25. The molecule has 0 amide bonds. The van der Waals surface area contributed by atoms with Gasteiger partial charge in [0.2, 0.25) is 0 Å². The first-order valence-corrected chi connectivity index (χ1v) is 6.56. The van der Waals surface area contributed by atoms with Crippen LogP contribution in [0.4, 0.5) is 13.2 Å². The van der Waals surface area contributed by atoms with Crippen LogP contribution in [0.25, 0.3) is 0 Å². The molecule has 0 aromatic heterocycles. The zero-order chi connectivity index (χ0) is 14.6. The van der Waals surface area contributed by atoms with Gasteiger partial charge in [-0.3, -0.25) is 0 Å². The predicted octanol–water partition coefficient (Wildman–Crippen LogP) is 3.29. The van der Waals surface area contributed by atoms with Gasteiger partial charge in [0.1, 0.15) is 0 Å². The Balaban J connectivity index is 0.000000399. The molecule has 0 aliphatic carbocycles. The number of alkyl halides is 3. The summed E-state index contributed by atoms with van der Waals surface area (Å²) in [6, 6.07) is 10.2. The van der Waals surface area contributed by atoms with E-state index in [9.17, 15) is 13.2 Å². The number of nitrogens with one attached hydrogen (secondary N) is 1. The number of halogens is 3. The molecular weight excluding hydrogens is 275 g/mol. The van der Waals surface area contributed by atoms with Gasteiger partial charge in [-0.05, 0) is 24.8 Å². The van der Waals surface area contributed by atoms with E-state index in [4.69, 9.17) is 4.74 Å². The number of benzene rings is 1. The van der Waals surface area contributed by atoms with Crippen LogP contribution < -0.4 is 5.32 Å². The smallest absolute Gasteiger partial charge is 0.377 e. The number of hydrogen-bond donors (Lipinski definition) is 2. The van der Waals surface area contributed by atoms with E-state index in [2.05, 4.69) is 24.8 Å². The predicted molar refractivity (Wildman–Crippen MR) is 74.5 cm³/mol. The molecule has 0 spiro atoms. The maximum absolute atomic E-state index is 11.0. The summed E-state index contributed by atoms with van der Waals surface area (Å²) in [6.07, 6.45) is -3.04. The van der Waals surface area contributed by atoms with E-state index in [-0.39, 0.29) is 0 Å². The van der Waals surface area contributed by atoms with Crippen LogP contribution in [-0.2, 0) is 11.3 Å². The maximum atomic E-state index is 11.0. The number of ether oxygens (including phenoxy) is 1. The Labute approximate surface area is 117 Å². The summed E-state index contributed by atoms with van der Waals surface area (Å²) >= 11 is 4.10. The second-order valence-corrected chi connectivity index (χ2v) is 4.21. The van der Waals surface area contributed by atoms with Gasteiger partial charge in [-0.15, -0.1) is 0 Å². The Morgan fingerprint density at radius 1 is 1.21 bits per heavy atom. The third kappa shape index (κ3) is 13.5. The first-order chi connectivity index (χ1) is 8.99. The summed E-state index contributed by atoms with van der Waals surface area (Å²) in [5.41, 5.74) is 1.23. The van der Waals surface area contributed by atoms with E-state index < -0.39 is 12.7 Å². The summed E-state index contributed by atoms with van der Waals surface area (Å²) in [4.78, 5) is 0. The van der Waals surface area contributed by atoms with Crippen molar-refractivity contribution in [3.63, 3.8) is 0 Å². The Kier molecular flexibility index (Phi) is 10.7. The van der Waals surface area contributed by atoms with Crippen LogP contribution in [-0.4, -0.2) is 32.1 Å². The average Bonchev–Trinajstić information content (AvgIpc) is 2.35. The van der Waals surface area contributed by atoms with E-state index in [0.29, 0.717) is 6.61 Å². The van der Waals surface area contributed by atoms with Gasteiger partial charge in [-0.25, -0.2) is 0 Å². The zero-order valence-corrected chi connectivity index (χ0v) is 11.8. The lowest BCUT2D eigenvalue weighted by atomic mass is 10.2. The third-order valence-corrected chi connectivity index (χ3v) is 2.25. The van der Waals surface area contributed by atoms with Crippen molar-refractivity contribution < 1.29 is 17.9 Å². The van der Waals surface area contributed by atoms with Crippen molar-refractivity contribution in [2.75, 3.05) is 26.0 Å². The van der Waals surface area contributed by atoms with Crippen molar-refractivity contribution in [2.24, 2.45) is 0 Å². The van der Waals surface area contributed by atoms with Crippen LogP contribution in [0.3, 0.4) is 0 Å². The van der Waals surface area contributed by atoms with Crippen LogP contribution in [0, 0.1) is 0 Å². The van der Waals surface area contributed by atoms with Crippen LogP contribution in [0.5, 0.6) is 0 Å². The fourth-order valence-corrected chi connectivity index (χ4v) is 1.26. The molecule has 0 saturated heterocycles. The molecule has 0 aliphatic heterocycles. The molecule has 0 heterocycles. The molecule has 2 nitrogen and oxygen atoms in total. The Morgan fingerprint density at radius 2 is 1.84 bits per heavy atom. The summed E-state index contributed by atoms with van der Waals surface area (Å²) in [7, 11) is 1.26. The molecule has 0 aliphatic rings. The largest absolute Gasteiger partial charge is 0.401 e. The van der Waals surface area contributed by atoms with Gasteiger partial charge in [0, 0.05) is 6.61 Å². The lowest BCUT2D eigenvalue weighted by Gasteiger charge is -2.01. The number of hydrogen-bond acceptors (Lipinski definition) is 3. The topological polar surface area (TPSA) is 21.3 Å². The van der Waals surface area contributed by atoms with Gasteiger partial charge < -0.3 is 10.1 Å². The molecule has 6 heteroatoms. The third-order valence-electron chi connectivity index (χ3n) is 1.94. The van der Waals surface area contributed by atoms with Crippen molar-refractivity contribution in [3.05, 3.63) is 35.9 Å². The Hall–Kier alpha value is -0.720. The molecule has 1 rings (SSSR count). The molecule has 0 saturated carbocycles. The van der Waals surface area contributed by atoms with Gasteiger partial charge in [-0.2, -0.15) is 25.8 Å². The molecule has 1 aromatic carbocycles. The van der Waals surface area contributed by atoms with Gasteiger partial charge in [0.05, 0.1) is 13.2 Å². The zero-order valence-electron chi connectivity index (χ0n) is 10.9. The highest BCUT2D eigenvalue weighted by atomic mass is 32.1. The Bertz CT molecular complexity index is 307. The van der Waals surface area contributed by atoms with E-state index >= 15 is 0 Å². The SMILES string of the molecule is CNCC(F)(F)F.SCCCOCc1ccccc1. The number of thiol groups is 1. The summed E-state index contributed by atoms with van der Waals surface area (Å²) in [6.45, 7) is 0.611. The molecule has 0 unspecified atom stereocenters. The van der Waals surface area contributed by atoms with Crippen LogP contribution >= 0.6 is 12.6 Å². The number of rotatable bonds is 6. The van der Waals surface area contributed by atoms with Gasteiger partial charge in [-0.1, -0.05) is 30.3 Å². The van der Waals surface area contributed by atoms with Crippen molar-refractivity contribution in [2.45, 2.75) is 19.2 Å². The molecule has 0 bridgehead atoms. The average molecular weight is 295 g/mol. The highest BCUT2D eigenvalue weighted by molar-refractivity contribution is 7.80. The monoisotopic (exact) mass is 295 g/mol. The molecule has 0 radical (unpaired) electrons. The van der Waals surface area contributed by atoms with E-state index in [0.717, 1.165) is 18.8 Å². The van der Waals surface area contributed by atoms with Gasteiger partial charge >= 0.3 is 6.18 Å². The quantitative estimate of drug-likeness (QED) is 0.621. The highest BCUT2D eigenvalue weighted by Gasteiger charge is 2.24. The highest BCUT2D eigenvalue weighted by Crippen LogP contribution is 2.11. The Morgan fingerprint density at radius 3 is 2.26 bits per heavy atom. The molecule has 1 aromatic rings. The second-order valence-electron chi connectivity index (χ2n) is 3.76. The molecule has 1 N–H and O–H groups in total. The fourth-order valence-electron chi connectivity index (χ4n) is 1.13. The lowest BCUT2D eigenvalue weighted by molar-refractivity contribution is -0.123. The van der Waals surface area contributed by atoms with E-state index in [1.54, 1.807) is 0 Å². The fraction of sp³-hybridized carbons (Fsp3) is 0.538. The summed E-state index contributed by atoms with van der Waals surface area (Å²) < 4.78 is 38.4. The first kappa shape index (κ1) is 18.3. The molecule has 110 valence electrons. The standard InChI is InChI=1S/C10H14OS.C3H6F3N/c12-8-4-7-11-9-10-5-2-1-3-6-10;1-7-2-3(4,5)6/h1-3,5-6,12H,4,7-9H2;7H,2H2,1H3. The minimum absolute atomic E-state index is 0.717. The van der Waals surface area contributed by atoms with Crippen LogP contribution in [0.1, 0.15) is 12.0 Å². The van der Waals surface area contributed by atoms with Crippen molar-refractivity contribution in [1.29, 1.82) is 0 Å². The van der Waals surface area contributed by atoms with E-state index in [1.165, 1.54) is 12.6 Å². The molecular formula is C13H20F3NOS. The maximum Gasteiger partial charge on any atom is 0.401 e. The minimum Gasteiger partial charge on any atom is -0.377 e. The van der Waals surface area contributed by atoms with Crippen LogP contribution in [0.2, 0.25) is 0 Å². The first-order valence-electron chi connectivity index (χ1n) is 5.93. The van der Waals surface area contributed by atoms with Crippen molar-refractivity contribution in [1.82, 2.24) is 5.32 Å². The molecule has 0 fully saturated rings.